The SMILES string of the molecule is Cc1ccccc1-c1nc(-c2ccccc2)c(-c2ccc(-n3c4ccccc4c4c5ccccc5c(-c5cc6ccccc6cc5C)c(C)c43)cc2)nc1C. The summed E-state index contributed by atoms with van der Waals surface area (Å²) in [7, 11) is 0. The zero-order valence-corrected chi connectivity index (χ0v) is 31.4. The third kappa shape index (κ3) is 5.26. The Morgan fingerprint density at radius 1 is 0.436 bits per heavy atom. The summed E-state index contributed by atoms with van der Waals surface area (Å²) in [6, 6.07) is 58.9. The van der Waals surface area contributed by atoms with Gasteiger partial charge in [0.05, 0.1) is 33.8 Å². The normalized spacial score (nSPS) is 11.6. The van der Waals surface area contributed by atoms with Crippen LogP contribution in [0, 0.1) is 27.7 Å². The molecule has 0 saturated heterocycles. The maximum absolute atomic E-state index is 5.34. The Kier molecular flexibility index (Phi) is 7.71. The van der Waals surface area contributed by atoms with Crippen LogP contribution in [-0.4, -0.2) is 14.5 Å². The lowest BCUT2D eigenvalue weighted by Crippen LogP contribution is -2.02. The number of hydrogen-bond donors (Lipinski definition) is 0. The van der Waals surface area contributed by atoms with Gasteiger partial charge in [-0.2, -0.15) is 0 Å². The molecule has 0 aliphatic carbocycles. The number of para-hydroxylation sites is 1. The largest absolute Gasteiger partial charge is 0.309 e. The lowest BCUT2D eigenvalue weighted by atomic mass is 9.87. The molecule has 0 amide bonds. The zero-order valence-electron chi connectivity index (χ0n) is 31.4. The summed E-state index contributed by atoms with van der Waals surface area (Å²) in [5.41, 5.74) is 16.6. The Morgan fingerprint density at radius 2 is 1.04 bits per heavy atom. The van der Waals surface area contributed by atoms with Crippen molar-refractivity contribution in [1.82, 2.24) is 14.5 Å². The van der Waals surface area contributed by atoms with Crippen LogP contribution in [0.1, 0.15) is 22.4 Å². The van der Waals surface area contributed by atoms with Crippen LogP contribution in [0.3, 0.4) is 0 Å². The van der Waals surface area contributed by atoms with E-state index in [9.17, 15) is 0 Å². The van der Waals surface area contributed by atoms with Crippen LogP contribution in [0.5, 0.6) is 0 Å². The average molecular weight is 706 g/mol. The number of fused-ring (bicyclic) bond motifs is 6. The van der Waals surface area contributed by atoms with Gasteiger partial charge in [0, 0.05) is 33.2 Å². The standard InChI is InChI=1S/C52H39N3/c1-32-16-8-11-21-41(32)49-35(4)53-50(51(54-49)36-17-6-5-7-18-36)37-26-28-40(29-27-37)55-46-25-15-14-24-44(46)48-43-23-13-12-22-42(43)47(34(3)52(48)55)45-31-39-20-10-9-19-38(39)30-33(45)2/h5-31H,1-4H3. The Morgan fingerprint density at radius 3 is 1.80 bits per heavy atom. The molecule has 2 heterocycles. The maximum Gasteiger partial charge on any atom is 0.0973 e. The van der Waals surface area contributed by atoms with Crippen molar-refractivity contribution in [3.8, 4) is 50.6 Å². The average Bonchev–Trinajstić information content (AvgIpc) is 3.58. The van der Waals surface area contributed by atoms with Gasteiger partial charge in [0.15, 0.2) is 0 Å². The zero-order chi connectivity index (χ0) is 37.2. The first-order valence-electron chi connectivity index (χ1n) is 19.0. The highest BCUT2D eigenvalue weighted by Gasteiger charge is 2.23. The van der Waals surface area contributed by atoms with E-state index in [1.54, 1.807) is 0 Å². The molecule has 0 fully saturated rings. The second-order valence-corrected chi connectivity index (χ2v) is 14.7. The molecule has 0 atom stereocenters. The van der Waals surface area contributed by atoms with Gasteiger partial charge in [-0.15, -0.1) is 0 Å². The molecule has 0 bridgehead atoms. The van der Waals surface area contributed by atoms with Gasteiger partial charge in [-0.1, -0.05) is 140 Å². The second-order valence-electron chi connectivity index (χ2n) is 14.7. The quantitative estimate of drug-likeness (QED) is 0.178. The van der Waals surface area contributed by atoms with E-state index in [0.717, 1.165) is 45.2 Å². The van der Waals surface area contributed by atoms with Gasteiger partial charge in [-0.05, 0) is 101 Å². The van der Waals surface area contributed by atoms with Crippen LogP contribution in [0.15, 0.2) is 164 Å². The van der Waals surface area contributed by atoms with Crippen molar-refractivity contribution in [1.29, 1.82) is 0 Å². The number of aryl methyl sites for hydroxylation is 4. The van der Waals surface area contributed by atoms with Crippen molar-refractivity contribution in [3.05, 3.63) is 186 Å². The van der Waals surface area contributed by atoms with E-state index >= 15 is 0 Å². The fraction of sp³-hybridized carbons (Fsp3) is 0.0769. The number of rotatable bonds is 5. The summed E-state index contributed by atoms with van der Waals surface area (Å²) in [5.74, 6) is 0. The van der Waals surface area contributed by atoms with Gasteiger partial charge in [0.25, 0.3) is 0 Å². The topological polar surface area (TPSA) is 30.7 Å². The van der Waals surface area contributed by atoms with Gasteiger partial charge in [-0.3, -0.25) is 0 Å². The van der Waals surface area contributed by atoms with Gasteiger partial charge in [-0.25, -0.2) is 9.97 Å². The minimum absolute atomic E-state index is 0.881. The summed E-state index contributed by atoms with van der Waals surface area (Å²) < 4.78 is 2.46. The van der Waals surface area contributed by atoms with Crippen molar-refractivity contribution in [2.75, 3.05) is 0 Å². The molecular weight excluding hydrogens is 667 g/mol. The maximum atomic E-state index is 5.34. The molecule has 0 unspecified atom stereocenters. The molecule has 0 aliphatic rings. The van der Waals surface area contributed by atoms with E-state index in [-0.39, 0.29) is 0 Å². The predicted molar refractivity (Wildman–Crippen MR) is 232 cm³/mol. The van der Waals surface area contributed by atoms with Crippen LogP contribution in [-0.2, 0) is 0 Å². The van der Waals surface area contributed by atoms with Crippen LogP contribution < -0.4 is 0 Å². The number of nitrogens with zero attached hydrogens (tertiary/aromatic N) is 3. The summed E-state index contributed by atoms with van der Waals surface area (Å²) in [6.45, 7) is 8.76. The number of aromatic nitrogens is 3. The molecule has 0 aliphatic heterocycles. The van der Waals surface area contributed by atoms with Crippen LogP contribution in [0.2, 0.25) is 0 Å². The second kappa shape index (κ2) is 12.9. The van der Waals surface area contributed by atoms with Gasteiger partial charge in [0.2, 0.25) is 0 Å². The van der Waals surface area contributed by atoms with Crippen molar-refractivity contribution in [2.24, 2.45) is 0 Å². The number of benzene rings is 8. The highest BCUT2D eigenvalue weighted by Crippen LogP contribution is 2.45. The molecule has 3 heteroatoms. The molecule has 8 aromatic carbocycles. The third-order valence-corrected chi connectivity index (χ3v) is 11.3. The van der Waals surface area contributed by atoms with E-state index < -0.39 is 0 Å². The van der Waals surface area contributed by atoms with Crippen molar-refractivity contribution in [3.63, 3.8) is 0 Å². The minimum atomic E-state index is 0.881. The van der Waals surface area contributed by atoms with E-state index in [4.69, 9.17) is 9.97 Å². The molecule has 0 N–H and O–H groups in total. The lowest BCUT2D eigenvalue weighted by molar-refractivity contribution is 1.13. The fourth-order valence-corrected chi connectivity index (χ4v) is 8.73. The van der Waals surface area contributed by atoms with E-state index in [2.05, 4.69) is 190 Å². The third-order valence-electron chi connectivity index (χ3n) is 11.3. The Labute approximate surface area is 321 Å². The monoisotopic (exact) mass is 705 g/mol. The lowest BCUT2D eigenvalue weighted by Gasteiger charge is -2.18. The van der Waals surface area contributed by atoms with Gasteiger partial charge < -0.3 is 4.57 Å². The van der Waals surface area contributed by atoms with Crippen molar-refractivity contribution in [2.45, 2.75) is 27.7 Å². The molecule has 262 valence electrons. The molecule has 3 nitrogen and oxygen atoms in total. The fourth-order valence-electron chi connectivity index (χ4n) is 8.73. The summed E-state index contributed by atoms with van der Waals surface area (Å²) in [6.07, 6.45) is 0. The van der Waals surface area contributed by atoms with Crippen molar-refractivity contribution < 1.29 is 0 Å². The molecule has 10 aromatic rings. The van der Waals surface area contributed by atoms with Crippen LogP contribution in [0.4, 0.5) is 0 Å². The Hall–Kier alpha value is -6.84. The first-order valence-corrected chi connectivity index (χ1v) is 19.0. The highest BCUT2D eigenvalue weighted by atomic mass is 15.0. The summed E-state index contributed by atoms with van der Waals surface area (Å²) in [5, 5.41) is 7.60. The predicted octanol–water partition coefficient (Wildman–Crippen LogP) is 13.8. The molecule has 0 spiro atoms. The van der Waals surface area contributed by atoms with Crippen molar-refractivity contribution >= 4 is 43.4 Å². The number of hydrogen-bond acceptors (Lipinski definition) is 2. The highest BCUT2D eigenvalue weighted by molar-refractivity contribution is 6.25. The first kappa shape index (κ1) is 32.8. The smallest absolute Gasteiger partial charge is 0.0973 e. The molecule has 0 saturated carbocycles. The van der Waals surface area contributed by atoms with E-state index in [0.29, 0.717) is 0 Å². The van der Waals surface area contributed by atoms with Crippen LogP contribution in [0.25, 0.3) is 93.9 Å². The van der Waals surface area contributed by atoms with E-state index in [1.807, 2.05) is 6.07 Å². The Balaban J connectivity index is 1.20. The van der Waals surface area contributed by atoms with E-state index in [1.165, 1.54) is 71.2 Å². The minimum Gasteiger partial charge on any atom is -0.309 e. The Bertz CT molecular complexity index is 3120. The van der Waals surface area contributed by atoms with Gasteiger partial charge in [0.1, 0.15) is 0 Å². The molecule has 0 radical (unpaired) electrons. The molecule has 55 heavy (non-hydrogen) atoms. The van der Waals surface area contributed by atoms with Gasteiger partial charge >= 0.3 is 0 Å². The molecule has 2 aromatic heterocycles. The molecular formula is C52H39N3. The summed E-state index contributed by atoms with van der Waals surface area (Å²) in [4.78, 5) is 10.6. The first-order chi connectivity index (χ1) is 27.0. The van der Waals surface area contributed by atoms with Crippen LogP contribution >= 0.6 is 0 Å². The molecule has 10 rings (SSSR count). The summed E-state index contributed by atoms with van der Waals surface area (Å²) >= 11 is 0.